The van der Waals surface area contributed by atoms with Crippen LogP contribution in [0.4, 0.5) is 13.2 Å². The van der Waals surface area contributed by atoms with Gasteiger partial charge < -0.3 is 14.8 Å². The van der Waals surface area contributed by atoms with Gasteiger partial charge in [-0.05, 0) is 60.8 Å². The van der Waals surface area contributed by atoms with Gasteiger partial charge in [0.1, 0.15) is 0 Å². The Bertz CT molecular complexity index is 1360. The molecule has 38 heavy (non-hydrogen) atoms. The standard InChI is InChI=1S/C31H32F3N3O/c32-31(33,34)25-14-12-24(13-15-25)27(20-30(38)35-16-19-36-17-6-7-18-36)28-22-37(21-23-8-2-1-3-9-23)29-11-5-4-10-26(28)29/h1-5,8-15,22,27H,6-7,16-21H2,(H,35,38)/t27-/m1/s1. The number of hydrogen-bond acceptors (Lipinski definition) is 2. The van der Waals surface area contributed by atoms with Gasteiger partial charge in [-0.2, -0.15) is 13.2 Å². The smallest absolute Gasteiger partial charge is 0.355 e. The second-order valence-corrected chi connectivity index (χ2v) is 9.99. The maximum atomic E-state index is 13.3. The predicted octanol–water partition coefficient (Wildman–Crippen LogP) is 6.44. The van der Waals surface area contributed by atoms with E-state index in [0.29, 0.717) is 18.7 Å². The van der Waals surface area contributed by atoms with Crippen LogP contribution in [0.1, 0.15) is 47.4 Å². The highest BCUT2D eigenvalue weighted by molar-refractivity contribution is 5.86. The number of para-hydroxylation sites is 1. The first-order valence-corrected chi connectivity index (χ1v) is 13.2. The van der Waals surface area contributed by atoms with Crippen molar-refractivity contribution in [2.75, 3.05) is 26.2 Å². The molecule has 1 aliphatic rings. The van der Waals surface area contributed by atoms with E-state index in [1.54, 1.807) is 0 Å². The van der Waals surface area contributed by atoms with E-state index >= 15 is 0 Å². The van der Waals surface area contributed by atoms with Gasteiger partial charge in [0, 0.05) is 49.1 Å². The summed E-state index contributed by atoms with van der Waals surface area (Å²) in [5.74, 6) is -0.486. The number of alkyl halides is 3. The maximum Gasteiger partial charge on any atom is 0.416 e. The summed E-state index contributed by atoms with van der Waals surface area (Å²) in [6.07, 6.45) is 0.183. The number of nitrogens with one attached hydrogen (secondary N) is 1. The average molecular weight is 520 g/mol. The molecule has 1 saturated heterocycles. The van der Waals surface area contributed by atoms with Gasteiger partial charge in [0.2, 0.25) is 5.91 Å². The second kappa shape index (κ2) is 11.4. The minimum absolute atomic E-state index is 0.103. The average Bonchev–Trinajstić information content (AvgIpc) is 3.56. The van der Waals surface area contributed by atoms with Gasteiger partial charge in [-0.1, -0.05) is 60.7 Å². The van der Waals surface area contributed by atoms with E-state index in [0.717, 1.165) is 53.8 Å². The molecule has 0 unspecified atom stereocenters. The molecule has 198 valence electrons. The second-order valence-electron chi connectivity index (χ2n) is 9.99. The van der Waals surface area contributed by atoms with Crippen molar-refractivity contribution in [3.8, 4) is 0 Å². The van der Waals surface area contributed by atoms with Crippen molar-refractivity contribution in [3.63, 3.8) is 0 Å². The van der Waals surface area contributed by atoms with Crippen LogP contribution in [0, 0.1) is 0 Å². The number of hydrogen-bond donors (Lipinski definition) is 1. The molecule has 7 heteroatoms. The minimum Gasteiger partial charge on any atom is -0.355 e. The molecule has 1 aliphatic heterocycles. The van der Waals surface area contributed by atoms with Gasteiger partial charge in [0.25, 0.3) is 0 Å². The van der Waals surface area contributed by atoms with Crippen molar-refractivity contribution in [1.29, 1.82) is 0 Å². The lowest BCUT2D eigenvalue weighted by atomic mass is 9.87. The molecule has 1 atom stereocenters. The highest BCUT2D eigenvalue weighted by Crippen LogP contribution is 2.37. The molecule has 2 heterocycles. The number of carbonyl (C=O) groups excluding carboxylic acids is 1. The molecule has 0 radical (unpaired) electrons. The van der Waals surface area contributed by atoms with E-state index in [-0.39, 0.29) is 18.2 Å². The van der Waals surface area contributed by atoms with Crippen molar-refractivity contribution >= 4 is 16.8 Å². The van der Waals surface area contributed by atoms with Crippen LogP contribution < -0.4 is 5.32 Å². The van der Waals surface area contributed by atoms with E-state index in [9.17, 15) is 18.0 Å². The highest BCUT2D eigenvalue weighted by Gasteiger charge is 2.31. The van der Waals surface area contributed by atoms with Gasteiger partial charge in [-0.3, -0.25) is 4.79 Å². The molecule has 1 amide bonds. The molecule has 0 spiro atoms. The monoisotopic (exact) mass is 519 g/mol. The Morgan fingerprint density at radius 2 is 1.58 bits per heavy atom. The van der Waals surface area contributed by atoms with Gasteiger partial charge in [0.05, 0.1) is 5.56 Å². The third kappa shape index (κ3) is 6.10. The lowest BCUT2D eigenvalue weighted by molar-refractivity contribution is -0.137. The molecule has 4 nitrogen and oxygen atoms in total. The molecular weight excluding hydrogens is 487 g/mol. The van der Waals surface area contributed by atoms with E-state index in [1.807, 2.05) is 42.5 Å². The predicted molar refractivity (Wildman–Crippen MR) is 144 cm³/mol. The first-order valence-electron chi connectivity index (χ1n) is 13.2. The highest BCUT2D eigenvalue weighted by atomic mass is 19.4. The summed E-state index contributed by atoms with van der Waals surface area (Å²) in [4.78, 5) is 15.5. The fourth-order valence-electron chi connectivity index (χ4n) is 5.39. The molecule has 5 rings (SSSR count). The number of aromatic nitrogens is 1. The number of fused-ring (bicyclic) bond motifs is 1. The van der Waals surface area contributed by atoms with Gasteiger partial charge in [-0.15, -0.1) is 0 Å². The number of carbonyl (C=O) groups is 1. The Hall–Kier alpha value is -3.58. The van der Waals surface area contributed by atoms with Gasteiger partial charge >= 0.3 is 6.18 Å². The minimum atomic E-state index is -4.41. The number of amides is 1. The van der Waals surface area contributed by atoms with Crippen LogP contribution in [0.5, 0.6) is 0 Å². The topological polar surface area (TPSA) is 37.3 Å². The summed E-state index contributed by atoms with van der Waals surface area (Å²) >= 11 is 0. The summed E-state index contributed by atoms with van der Waals surface area (Å²) < 4.78 is 42.0. The largest absolute Gasteiger partial charge is 0.416 e. The van der Waals surface area contributed by atoms with E-state index in [2.05, 4.69) is 33.1 Å². The van der Waals surface area contributed by atoms with Crippen molar-refractivity contribution in [1.82, 2.24) is 14.8 Å². The fourth-order valence-corrected chi connectivity index (χ4v) is 5.39. The van der Waals surface area contributed by atoms with E-state index in [4.69, 9.17) is 0 Å². The van der Waals surface area contributed by atoms with Gasteiger partial charge in [-0.25, -0.2) is 0 Å². The first kappa shape index (κ1) is 26.0. The Labute approximate surface area is 221 Å². The van der Waals surface area contributed by atoms with Crippen LogP contribution in [0.15, 0.2) is 85.1 Å². The van der Waals surface area contributed by atoms with Crippen LogP contribution in [0.3, 0.4) is 0 Å². The molecule has 0 aliphatic carbocycles. The van der Waals surface area contributed by atoms with Crippen LogP contribution in [-0.2, 0) is 17.5 Å². The first-order chi connectivity index (χ1) is 18.4. The summed E-state index contributed by atoms with van der Waals surface area (Å²) in [6, 6.07) is 23.3. The summed E-state index contributed by atoms with van der Waals surface area (Å²) in [6.45, 7) is 4.15. The normalized spacial score (nSPS) is 15.1. The zero-order valence-electron chi connectivity index (χ0n) is 21.3. The third-order valence-corrected chi connectivity index (χ3v) is 7.37. The Balaban J connectivity index is 1.46. The summed E-state index contributed by atoms with van der Waals surface area (Å²) in [5, 5.41) is 4.04. The van der Waals surface area contributed by atoms with Gasteiger partial charge in [0.15, 0.2) is 0 Å². The van der Waals surface area contributed by atoms with Crippen LogP contribution in [-0.4, -0.2) is 41.6 Å². The number of halogens is 3. The Morgan fingerprint density at radius 1 is 0.895 bits per heavy atom. The molecule has 0 saturated carbocycles. The number of rotatable bonds is 9. The SMILES string of the molecule is O=C(C[C@H](c1ccc(C(F)(F)F)cc1)c1cn(Cc2ccccc2)c2ccccc12)NCCN1CCCC1. The molecule has 3 aromatic carbocycles. The van der Waals surface area contributed by atoms with E-state index in [1.165, 1.54) is 25.0 Å². The Kier molecular flexibility index (Phi) is 7.84. The molecule has 1 N–H and O–H groups in total. The summed E-state index contributed by atoms with van der Waals surface area (Å²) in [7, 11) is 0. The number of nitrogens with zero attached hydrogens (tertiary/aromatic N) is 2. The van der Waals surface area contributed by atoms with E-state index < -0.39 is 11.7 Å². The van der Waals surface area contributed by atoms with Crippen LogP contribution in [0.25, 0.3) is 10.9 Å². The number of benzene rings is 3. The molecule has 1 aromatic heterocycles. The lowest BCUT2D eigenvalue weighted by Gasteiger charge is -2.19. The van der Waals surface area contributed by atoms with Crippen molar-refractivity contribution < 1.29 is 18.0 Å². The van der Waals surface area contributed by atoms with Crippen molar-refractivity contribution in [2.45, 2.75) is 37.9 Å². The third-order valence-electron chi connectivity index (χ3n) is 7.37. The maximum absolute atomic E-state index is 13.3. The zero-order valence-corrected chi connectivity index (χ0v) is 21.3. The molecule has 4 aromatic rings. The molecule has 1 fully saturated rings. The molecular formula is C31H32F3N3O. The number of likely N-dealkylation sites (tertiary alicyclic amines) is 1. The summed E-state index contributed by atoms with van der Waals surface area (Å²) in [5.41, 5.74) is 3.10. The molecule has 0 bridgehead atoms. The Morgan fingerprint density at radius 3 is 2.29 bits per heavy atom. The van der Waals surface area contributed by atoms with Crippen molar-refractivity contribution in [3.05, 3.63) is 107 Å². The van der Waals surface area contributed by atoms with Crippen molar-refractivity contribution in [2.24, 2.45) is 0 Å². The fraction of sp³-hybridized carbons (Fsp3) is 0.323. The van der Waals surface area contributed by atoms with Crippen LogP contribution >= 0.6 is 0 Å². The lowest BCUT2D eigenvalue weighted by Crippen LogP contribution is -2.34. The zero-order chi connectivity index (χ0) is 26.5. The van der Waals surface area contributed by atoms with Crippen LogP contribution in [0.2, 0.25) is 0 Å². The quantitative estimate of drug-likeness (QED) is 0.276.